The summed E-state index contributed by atoms with van der Waals surface area (Å²) in [6, 6.07) is 7.98. The van der Waals surface area contributed by atoms with E-state index in [2.05, 4.69) is 9.72 Å². The molecule has 5 heteroatoms. The zero-order valence-corrected chi connectivity index (χ0v) is 13.3. The molecule has 0 unspecified atom stereocenters. The lowest BCUT2D eigenvalue weighted by Gasteiger charge is -2.25. The molecule has 0 atom stereocenters. The summed E-state index contributed by atoms with van der Waals surface area (Å²) in [7, 11) is 1.33. The quantitative estimate of drug-likeness (QED) is 0.834. The van der Waals surface area contributed by atoms with Crippen LogP contribution in [0.2, 0.25) is 0 Å². The second kappa shape index (κ2) is 7.11. The summed E-state index contributed by atoms with van der Waals surface area (Å²) in [6.07, 6.45) is 2.96. The highest BCUT2D eigenvalue weighted by Crippen LogP contribution is 2.19. The van der Waals surface area contributed by atoms with Gasteiger partial charge in [0.15, 0.2) is 0 Å². The number of methoxy groups -OCH3 is 1. The summed E-state index contributed by atoms with van der Waals surface area (Å²) in [5.74, 6) is -0.431. The van der Waals surface area contributed by atoms with Gasteiger partial charge in [0.1, 0.15) is 6.54 Å². The number of hydrogen-bond donors (Lipinski definition) is 1. The third-order valence-electron chi connectivity index (χ3n) is 3.75. The van der Waals surface area contributed by atoms with Gasteiger partial charge in [0.25, 0.3) is 0 Å². The normalized spacial score (nSPS) is 10.9. The van der Waals surface area contributed by atoms with Crippen molar-refractivity contribution < 1.29 is 14.3 Å². The molecule has 0 fully saturated rings. The van der Waals surface area contributed by atoms with Crippen molar-refractivity contribution in [1.82, 2.24) is 9.88 Å². The fourth-order valence-electron chi connectivity index (χ4n) is 2.49. The Hall–Kier alpha value is -2.30. The molecule has 1 N–H and O–H groups in total. The van der Waals surface area contributed by atoms with E-state index >= 15 is 0 Å². The van der Waals surface area contributed by atoms with Crippen LogP contribution in [0.25, 0.3) is 10.9 Å². The van der Waals surface area contributed by atoms with E-state index in [0.29, 0.717) is 12.8 Å². The molecule has 1 heterocycles. The zero-order valence-electron chi connectivity index (χ0n) is 13.3. The van der Waals surface area contributed by atoms with Gasteiger partial charge in [0.05, 0.1) is 7.11 Å². The van der Waals surface area contributed by atoms with Crippen LogP contribution in [0.3, 0.4) is 0 Å². The summed E-state index contributed by atoms with van der Waals surface area (Å²) in [5, 5.41) is 1.14. The predicted octanol–water partition coefficient (Wildman–Crippen LogP) is 2.51. The highest BCUT2D eigenvalue weighted by molar-refractivity contribution is 5.85. The molecule has 0 saturated heterocycles. The molecule has 1 amide bonds. The van der Waals surface area contributed by atoms with Crippen LogP contribution in [0, 0.1) is 0 Å². The average Bonchev–Trinajstić information content (AvgIpc) is 2.93. The van der Waals surface area contributed by atoms with Crippen molar-refractivity contribution in [2.24, 2.45) is 0 Å². The van der Waals surface area contributed by atoms with Gasteiger partial charge in [-0.3, -0.25) is 9.59 Å². The van der Waals surface area contributed by atoms with Crippen LogP contribution in [0.15, 0.2) is 30.5 Å². The first-order chi connectivity index (χ1) is 10.5. The molecule has 0 aliphatic carbocycles. The minimum Gasteiger partial charge on any atom is -0.468 e. The number of hydrogen-bond acceptors (Lipinski definition) is 3. The molecule has 0 bridgehead atoms. The maximum atomic E-state index is 12.4. The van der Waals surface area contributed by atoms with Crippen molar-refractivity contribution in [2.75, 3.05) is 13.7 Å². The smallest absolute Gasteiger partial charge is 0.325 e. The topological polar surface area (TPSA) is 62.4 Å². The number of esters is 1. The van der Waals surface area contributed by atoms with Crippen molar-refractivity contribution >= 4 is 22.8 Å². The van der Waals surface area contributed by atoms with Gasteiger partial charge in [0, 0.05) is 29.6 Å². The number of aromatic nitrogens is 1. The van der Waals surface area contributed by atoms with Crippen LogP contribution >= 0.6 is 0 Å². The number of nitrogens with one attached hydrogen (secondary N) is 1. The molecule has 1 aromatic carbocycles. The molecule has 0 radical (unpaired) electrons. The summed E-state index contributed by atoms with van der Waals surface area (Å²) in [5.41, 5.74) is 2.19. The Bertz CT molecular complexity index is 661. The van der Waals surface area contributed by atoms with Gasteiger partial charge in [0.2, 0.25) is 5.91 Å². The van der Waals surface area contributed by atoms with E-state index in [1.807, 2.05) is 44.3 Å². The van der Waals surface area contributed by atoms with Gasteiger partial charge in [-0.1, -0.05) is 18.2 Å². The molecule has 0 saturated carbocycles. The van der Waals surface area contributed by atoms with Gasteiger partial charge in [-0.25, -0.2) is 0 Å². The first-order valence-corrected chi connectivity index (χ1v) is 7.44. The van der Waals surface area contributed by atoms with E-state index in [9.17, 15) is 9.59 Å². The minimum atomic E-state index is -0.394. The Morgan fingerprint density at radius 3 is 2.68 bits per heavy atom. The SMILES string of the molecule is COC(=O)CN(C(=O)CCc1c[nH]c2ccccc12)C(C)C. The second-order valence-corrected chi connectivity index (χ2v) is 5.55. The Balaban J connectivity index is 2.02. The molecular formula is C17H22N2O3. The molecule has 2 rings (SSSR count). The Labute approximate surface area is 130 Å². The highest BCUT2D eigenvalue weighted by Gasteiger charge is 2.20. The Kier molecular flexibility index (Phi) is 5.20. The predicted molar refractivity (Wildman–Crippen MR) is 85.5 cm³/mol. The number of para-hydroxylation sites is 1. The van der Waals surface area contributed by atoms with Crippen molar-refractivity contribution in [2.45, 2.75) is 32.7 Å². The number of ether oxygens (including phenoxy) is 1. The number of benzene rings is 1. The molecular weight excluding hydrogens is 280 g/mol. The van der Waals surface area contributed by atoms with Gasteiger partial charge < -0.3 is 14.6 Å². The number of aryl methyl sites for hydroxylation is 1. The van der Waals surface area contributed by atoms with Crippen LogP contribution < -0.4 is 0 Å². The molecule has 1 aromatic heterocycles. The van der Waals surface area contributed by atoms with Gasteiger partial charge in [-0.05, 0) is 31.9 Å². The van der Waals surface area contributed by atoms with Crippen LogP contribution in [0.1, 0.15) is 25.8 Å². The average molecular weight is 302 g/mol. The van der Waals surface area contributed by atoms with E-state index in [1.165, 1.54) is 7.11 Å². The number of carbonyl (C=O) groups is 2. The third kappa shape index (κ3) is 3.67. The Morgan fingerprint density at radius 2 is 2.00 bits per heavy atom. The van der Waals surface area contributed by atoms with Crippen LogP contribution in [-0.2, 0) is 20.7 Å². The lowest BCUT2D eigenvalue weighted by Crippen LogP contribution is -2.41. The van der Waals surface area contributed by atoms with Crippen LogP contribution in [-0.4, -0.2) is 41.5 Å². The van der Waals surface area contributed by atoms with Gasteiger partial charge in [-0.2, -0.15) is 0 Å². The molecule has 0 spiro atoms. The molecule has 2 aromatic rings. The van der Waals surface area contributed by atoms with Crippen LogP contribution in [0.4, 0.5) is 0 Å². The number of fused-ring (bicyclic) bond motifs is 1. The second-order valence-electron chi connectivity index (χ2n) is 5.55. The monoisotopic (exact) mass is 302 g/mol. The molecule has 0 aliphatic rings. The van der Waals surface area contributed by atoms with Crippen LogP contribution in [0.5, 0.6) is 0 Å². The largest absolute Gasteiger partial charge is 0.468 e. The summed E-state index contributed by atoms with van der Waals surface area (Å²) >= 11 is 0. The lowest BCUT2D eigenvalue weighted by molar-refractivity contribution is -0.148. The third-order valence-corrected chi connectivity index (χ3v) is 3.75. The number of H-pyrrole nitrogens is 1. The number of carbonyl (C=O) groups excluding carboxylic acids is 2. The first kappa shape index (κ1) is 16.1. The Morgan fingerprint density at radius 1 is 1.27 bits per heavy atom. The van der Waals surface area contributed by atoms with Crippen molar-refractivity contribution in [3.05, 3.63) is 36.0 Å². The molecule has 22 heavy (non-hydrogen) atoms. The van der Waals surface area contributed by atoms with Gasteiger partial charge >= 0.3 is 5.97 Å². The van der Waals surface area contributed by atoms with E-state index in [0.717, 1.165) is 16.5 Å². The summed E-state index contributed by atoms with van der Waals surface area (Å²) in [6.45, 7) is 3.79. The van der Waals surface area contributed by atoms with E-state index in [-0.39, 0.29) is 18.5 Å². The maximum Gasteiger partial charge on any atom is 0.325 e. The fraction of sp³-hybridized carbons (Fsp3) is 0.412. The number of aromatic amines is 1. The number of amides is 1. The zero-order chi connectivity index (χ0) is 16.1. The van der Waals surface area contributed by atoms with Crippen molar-refractivity contribution in [1.29, 1.82) is 0 Å². The lowest BCUT2D eigenvalue weighted by atomic mass is 10.1. The van der Waals surface area contributed by atoms with Crippen molar-refractivity contribution in [3.8, 4) is 0 Å². The van der Waals surface area contributed by atoms with E-state index in [1.54, 1.807) is 4.90 Å². The minimum absolute atomic E-state index is 0.000878. The molecule has 118 valence electrons. The van der Waals surface area contributed by atoms with Crippen molar-refractivity contribution in [3.63, 3.8) is 0 Å². The highest BCUT2D eigenvalue weighted by atomic mass is 16.5. The molecule has 5 nitrogen and oxygen atoms in total. The fourth-order valence-corrected chi connectivity index (χ4v) is 2.49. The van der Waals surface area contributed by atoms with E-state index in [4.69, 9.17) is 0 Å². The molecule has 0 aliphatic heterocycles. The first-order valence-electron chi connectivity index (χ1n) is 7.44. The maximum absolute atomic E-state index is 12.4. The summed E-state index contributed by atoms with van der Waals surface area (Å²) in [4.78, 5) is 28.6. The summed E-state index contributed by atoms with van der Waals surface area (Å²) < 4.78 is 4.65. The number of rotatable bonds is 6. The number of nitrogens with zero attached hydrogens (tertiary/aromatic N) is 1. The van der Waals surface area contributed by atoms with E-state index < -0.39 is 5.97 Å². The van der Waals surface area contributed by atoms with Gasteiger partial charge in [-0.15, -0.1) is 0 Å². The standard InChI is InChI=1S/C17H22N2O3/c1-12(2)19(11-17(21)22-3)16(20)9-8-13-10-18-15-7-5-4-6-14(13)15/h4-7,10,12,18H,8-9,11H2,1-3H3.